The maximum atomic E-state index is 8.65. The van der Waals surface area contributed by atoms with Gasteiger partial charge in [0.1, 0.15) is 5.84 Å². The second kappa shape index (κ2) is 8.39. The summed E-state index contributed by atoms with van der Waals surface area (Å²) in [4.78, 5) is 6.66. The normalized spacial score (nSPS) is 12.0. The molecule has 0 radical (unpaired) electrons. The molecule has 1 heterocycles. The molecule has 0 aliphatic rings. The fourth-order valence-corrected chi connectivity index (χ4v) is 2.08. The molecule has 7 heteroatoms. The summed E-state index contributed by atoms with van der Waals surface area (Å²) in [5, 5.41) is 20.2. The van der Waals surface area contributed by atoms with Crippen molar-refractivity contribution in [3.63, 3.8) is 0 Å². The highest BCUT2D eigenvalue weighted by molar-refractivity contribution is 5.80. The van der Waals surface area contributed by atoms with E-state index in [0.29, 0.717) is 24.8 Å². The first-order chi connectivity index (χ1) is 10.0. The van der Waals surface area contributed by atoms with Crippen molar-refractivity contribution >= 4 is 11.8 Å². The van der Waals surface area contributed by atoms with E-state index >= 15 is 0 Å². The van der Waals surface area contributed by atoms with E-state index in [-0.39, 0.29) is 5.84 Å². The highest BCUT2D eigenvalue weighted by Crippen LogP contribution is 2.13. The van der Waals surface area contributed by atoms with E-state index in [9.17, 15) is 0 Å². The molecule has 0 amide bonds. The second-order valence-corrected chi connectivity index (χ2v) is 5.39. The Labute approximate surface area is 126 Å². The van der Waals surface area contributed by atoms with Gasteiger partial charge in [0.25, 0.3) is 0 Å². The van der Waals surface area contributed by atoms with Crippen molar-refractivity contribution in [2.75, 3.05) is 18.0 Å². The minimum Gasteiger partial charge on any atom is -0.409 e. The van der Waals surface area contributed by atoms with Gasteiger partial charge in [0.2, 0.25) is 5.95 Å². The molecular weight excluding hydrogens is 268 g/mol. The molecule has 0 atom stereocenters. The predicted octanol–water partition coefficient (Wildman–Crippen LogP) is 1.60. The van der Waals surface area contributed by atoms with Crippen molar-refractivity contribution < 1.29 is 5.21 Å². The summed E-state index contributed by atoms with van der Waals surface area (Å²) < 4.78 is 0. The van der Waals surface area contributed by atoms with Gasteiger partial charge in [-0.05, 0) is 18.8 Å². The third-order valence-electron chi connectivity index (χ3n) is 3.13. The van der Waals surface area contributed by atoms with Crippen LogP contribution in [0.4, 0.5) is 5.95 Å². The van der Waals surface area contributed by atoms with Crippen molar-refractivity contribution in [3.05, 3.63) is 11.4 Å². The number of rotatable bonds is 8. The van der Waals surface area contributed by atoms with Gasteiger partial charge in [-0.2, -0.15) is 5.10 Å². The van der Waals surface area contributed by atoms with E-state index in [1.165, 1.54) is 0 Å². The highest BCUT2D eigenvalue weighted by atomic mass is 16.4. The predicted molar refractivity (Wildman–Crippen MR) is 83.7 cm³/mol. The molecule has 118 valence electrons. The van der Waals surface area contributed by atoms with Crippen LogP contribution < -0.4 is 10.6 Å². The first-order valence-electron chi connectivity index (χ1n) is 7.45. The maximum absolute atomic E-state index is 8.65. The molecule has 0 saturated heterocycles. The standard InChI is InChI=1S/C14H26N6O/c1-5-11-12(6-2)17-18-14(16-11)20(9-10(3)4)8-7-13(15)19-21/h10,21H,5-9H2,1-4H3,(H2,15,19). The fraction of sp³-hybridized carbons (Fsp3) is 0.714. The Hall–Kier alpha value is -1.92. The van der Waals surface area contributed by atoms with E-state index in [4.69, 9.17) is 10.9 Å². The maximum Gasteiger partial charge on any atom is 0.245 e. The number of aryl methyl sites for hydroxylation is 2. The van der Waals surface area contributed by atoms with Gasteiger partial charge in [-0.25, -0.2) is 4.98 Å². The Balaban J connectivity index is 2.96. The number of aromatic nitrogens is 3. The van der Waals surface area contributed by atoms with Crippen LogP contribution in [0.3, 0.4) is 0 Å². The number of amidine groups is 1. The molecule has 0 aromatic carbocycles. The van der Waals surface area contributed by atoms with E-state index in [1.54, 1.807) is 0 Å². The van der Waals surface area contributed by atoms with Crippen LogP contribution in [-0.4, -0.2) is 39.3 Å². The van der Waals surface area contributed by atoms with Crippen molar-refractivity contribution in [2.45, 2.75) is 47.0 Å². The lowest BCUT2D eigenvalue weighted by Crippen LogP contribution is -2.33. The molecule has 3 N–H and O–H groups in total. The molecule has 0 aliphatic heterocycles. The first-order valence-corrected chi connectivity index (χ1v) is 7.45. The Bertz CT molecular complexity index is 475. The number of anilines is 1. The van der Waals surface area contributed by atoms with Gasteiger partial charge >= 0.3 is 0 Å². The SMILES string of the molecule is CCc1nnc(N(CCC(N)=NO)CC(C)C)nc1CC. The number of hydrogen-bond acceptors (Lipinski definition) is 6. The Morgan fingerprint density at radius 2 is 1.90 bits per heavy atom. The quantitative estimate of drug-likeness (QED) is 0.327. The smallest absolute Gasteiger partial charge is 0.245 e. The molecule has 0 unspecified atom stereocenters. The molecular formula is C14H26N6O. The Kier molecular flexibility index (Phi) is 6.84. The van der Waals surface area contributed by atoms with Gasteiger partial charge in [0.15, 0.2) is 0 Å². The van der Waals surface area contributed by atoms with Crippen LogP contribution in [-0.2, 0) is 12.8 Å². The summed E-state index contributed by atoms with van der Waals surface area (Å²) in [6.45, 7) is 9.78. The Morgan fingerprint density at radius 1 is 1.24 bits per heavy atom. The molecule has 0 aliphatic carbocycles. The number of oxime groups is 1. The van der Waals surface area contributed by atoms with Gasteiger partial charge < -0.3 is 15.8 Å². The lowest BCUT2D eigenvalue weighted by Gasteiger charge is -2.24. The van der Waals surface area contributed by atoms with Gasteiger partial charge in [-0.3, -0.25) is 0 Å². The number of hydrogen-bond donors (Lipinski definition) is 2. The molecule has 21 heavy (non-hydrogen) atoms. The topological polar surface area (TPSA) is 101 Å². The summed E-state index contributed by atoms with van der Waals surface area (Å²) in [5.74, 6) is 1.28. The zero-order chi connectivity index (χ0) is 15.8. The summed E-state index contributed by atoms with van der Waals surface area (Å²) in [6.07, 6.45) is 2.13. The van der Waals surface area contributed by atoms with E-state index in [1.807, 2.05) is 4.90 Å². The number of nitrogens with zero attached hydrogens (tertiary/aromatic N) is 5. The zero-order valence-corrected chi connectivity index (χ0v) is 13.4. The largest absolute Gasteiger partial charge is 0.409 e. The molecule has 0 saturated carbocycles. The van der Waals surface area contributed by atoms with Crippen LogP contribution in [0.1, 0.15) is 45.5 Å². The van der Waals surface area contributed by atoms with Crippen LogP contribution >= 0.6 is 0 Å². The average molecular weight is 294 g/mol. The monoisotopic (exact) mass is 294 g/mol. The van der Waals surface area contributed by atoms with Gasteiger partial charge in [-0.15, -0.1) is 5.10 Å². The minimum atomic E-state index is 0.206. The third-order valence-corrected chi connectivity index (χ3v) is 3.13. The van der Waals surface area contributed by atoms with Crippen molar-refractivity contribution in [1.82, 2.24) is 15.2 Å². The minimum absolute atomic E-state index is 0.206. The molecule has 7 nitrogen and oxygen atoms in total. The van der Waals surface area contributed by atoms with Crippen LogP contribution in [0.2, 0.25) is 0 Å². The number of nitrogens with two attached hydrogens (primary N) is 1. The van der Waals surface area contributed by atoms with Gasteiger partial charge in [0.05, 0.1) is 11.4 Å². The Morgan fingerprint density at radius 3 is 2.43 bits per heavy atom. The lowest BCUT2D eigenvalue weighted by molar-refractivity contribution is 0.317. The second-order valence-electron chi connectivity index (χ2n) is 5.39. The molecule has 0 bridgehead atoms. The first kappa shape index (κ1) is 17.1. The van der Waals surface area contributed by atoms with Crippen LogP contribution in [0.15, 0.2) is 5.16 Å². The molecule has 0 fully saturated rings. The summed E-state index contributed by atoms with van der Waals surface area (Å²) >= 11 is 0. The highest BCUT2D eigenvalue weighted by Gasteiger charge is 2.15. The molecule has 1 rings (SSSR count). The average Bonchev–Trinajstić information content (AvgIpc) is 2.49. The summed E-state index contributed by atoms with van der Waals surface area (Å²) in [6, 6.07) is 0. The van der Waals surface area contributed by atoms with Crippen LogP contribution in [0, 0.1) is 5.92 Å². The van der Waals surface area contributed by atoms with E-state index in [2.05, 4.69) is 48.0 Å². The van der Waals surface area contributed by atoms with Crippen molar-refractivity contribution in [1.29, 1.82) is 0 Å². The zero-order valence-electron chi connectivity index (χ0n) is 13.4. The van der Waals surface area contributed by atoms with Crippen LogP contribution in [0.25, 0.3) is 0 Å². The fourth-order valence-electron chi connectivity index (χ4n) is 2.08. The summed E-state index contributed by atoms with van der Waals surface area (Å²) in [5.41, 5.74) is 7.48. The molecule has 1 aromatic heterocycles. The van der Waals surface area contributed by atoms with E-state index < -0.39 is 0 Å². The van der Waals surface area contributed by atoms with Gasteiger partial charge in [-0.1, -0.05) is 32.9 Å². The molecule has 1 aromatic rings. The van der Waals surface area contributed by atoms with Crippen LogP contribution in [0.5, 0.6) is 0 Å². The van der Waals surface area contributed by atoms with Gasteiger partial charge in [0, 0.05) is 19.5 Å². The van der Waals surface area contributed by atoms with Crippen molar-refractivity contribution in [2.24, 2.45) is 16.8 Å². The lowest BCUT2D eigenvalue weighted by atomic mass is 10.2. The van der Waals surface area contributed by atoms with Crippen molar-refractivity contribution in [3.8, 4) is 0 Å². The summed E-state index contributed by atoms with van der Waals surface area (Å²) in [7, 11) is 0. The third kappa shape index (κ3) is 5.17. The molecule has 0 spiro atoms. The van der Waals surface area contributed by atoms with E-state index in [0.717, 1.165) is 30.8 Å².